The highest BCUT2D eigenvalue weighted by Crippen LogP contribution is 2.35. The summed E-state index contributed by atoms with van der Waals surface area (Å²) in [6.45, 7) is 5.89. The van der Waals surface area contributed by atoms with Crippen molar-refractivity contribution in [2.45, 2.75) is 38.7 Å². The third kappa shape index (κ3) is 2.65. The summed E-state index contributed by atoms with van der Waals surface area (Å²) in [6.07, 6.45) is -0.640. The molecule has 1 amide bonds. The van der Waals surface area contributed by atoms with Gasteiger partial charge in [-0.2, -0.15) is 0 Å². The topological polar surface area (TPSA) is 83.7 Å². The van der Waals surface area contributed by atoms with E-state index in [-0.39, 0.29) is 30.0 Å². The standard InChI is InChI=1S/C14H18N2O4/c1-14(2,3)11-5-4-9(6-12(11)16(19)20)15-8-10(17)7-13(15)18/h4-6,10,17H,7-8H2,1-3H3. The molecule has 0 bridgehead atoms. The number of rotatable bonds is 2. The number of β-amino-alcohol motifs (C(OH)–C–C–N with tert-alkyl or cyclic N) is 1. The van der Waals surface area contributed by atoms with Crippen molar-refractivity contribution in [3.63, 3.8) is 0 Å². The number of nitrogens with zero attached hydrogens (tertiary/aromatic N) is 2. The van der Waals surface area contributed by atoms with Gasteiger partial charge in [-0.3, -0.25) is 14.9 Å². The second-order valence-electron chi connectivity index (χ2n) is 6.07. The van der Waals surface area contributed by atoms with Crippen molar-refractivity contribution in [1.82, 2.24) is 0 Å². The Hall–Kier alpha value is -1.95. The first-order valence-electron chi connectivity index (χ1n) is 6.47. The van der Waals surface area contributed by atoms with Crippen molar-refractivity contribution >= 4 is 17.3 Å². The highest BCUT2D eigenvalue weighted by Gasteiger charge is 2.32. The first-order valence-corrected chi connectivity index (χ1v) is 6.47. The van der Waals surface area contributed by atoms with Crippen LogP contribution in [0.4, 0.5) is 11.4 Å². The van der Waals surface area contributed by atoms with Gasteiger partial charge < -0.3 is 10.0 Å². The van der Waals surface area contributed by atoms with Crippen LogP contribution < -0.4 is 4.90 Å². The van der Waals surface area contributed by atoms with Crippen molar-refractivity contribution in [2.24, 2.45) is 0 Å². The van der Waals surface area contributed by atoms with E-state index in [1.165, 1.54) is 11.0 Å². The minimum Gasteiger partial charge on any atom is -0.391 e. The van der Waals surface area contributed by atoms with Crippen LogP contribution in [0.5, 0.6) is 0 Å². The monoisotopic (exact) mass is 278 g/mol. The molecule has 1 saturated heterocycles. The zero-order valence-electron chi connectivity index (χ0n) is 11.8. The lowest BCUT2D eigenvalue weighted by atomic mass is 9.85. The Bertz CT molecular complexity index is 563. The molecule has 1 fully saturated rings. The molecule has 1 aliphatic heterocycles. The van der Waals surface area contributed by atoms with E-state index < -0.39 is 11.0 Å². The lowest BCUT2D eigenvalue weighted by Gasteiger charge is -2.21. The molecule has 1 aromatic rings. The van der Waals surface area contributed by atoms with Gasteiger partial charge in [0.2, 0.25) is 5.91 Å². The van der Waals surface area contributed by atoms with Gasteiger partial charge in [0.15, 0.2) is 0 Å². The van der Waals surface area contributed by atoms with Crippen LogP contribution in [0.3, 0.4) is 0 Å². The molecule has 6 nitrogen and oxygen atoms in total. The second kappa shape index (κ2) is 4.86. The van der Waals surface area contributed by atoms with Gasteiger partial charge in [-0.15, -0.1) is 0 Å². The lowest BCUT2D eigenvalue weighted by Crippen LogP contribution is -2.25. The molecule has 1 atom stereocenters. The third-order valence-electron chi connectivity index (χ3n) is 3.40. The zero-order chi connectivity index (χ0) is 15.1. The van der Waals surface area contributed by atoms with Crippen molar-refractivity contribution in [2.75, 3.05) is 11.4 Å². The average Bonchev–Trinajstić information content (AvgIpc) is 2.66. The van der Waals surface area contributed by atoms with E-state index in [1.54, 1.807) is 12.1 Å². The summed E-state index contributed by atoms with van der Waals surface area (Å²) in [5.41, 5.74) is 0.740. The second-order valence-corrected chi connectivity index (χ2v) is 6.07. The quantitative estimate of drug-likeness (QED) is 0.662. The molecule has 1 aromatic carbocycles. The fraction of sp³-hybridized carbons (Fsp3) is 0.500. The van der Waals surface area contributed by atoms with Gasteiger partial charge in [0.25, 0.3) is 5.69 Å². The smallest absolute Gasteiger partial charge is 0.275 e. The summed E-state index contributed by atoms with van der Waals surface area (Å²) in [5.74, 6) is -0.213. The molecular formula is C14H18N2O4. The van der Waals surface area contributed by atoms with Crippen molar-refractivity contribution in [1.29, 1.82) is 0 Å². The largest absolute Gasteiger partial charge is 0.391 e. The molecule has 20 heavy (non-hydrogen) atoms. The van der Waals surface area contributed by atoms with Crippen molar-refractivity contribution in [3.8, 4) is 0 Å². The highest BCUT2D eigenvalue weighted by atomic mass is 16.6. The van der Waals surface area contributed by atoms with E-state index in [1.807, 2.05) is 20.8 Å². The number of amides is 1. The molecule has 2 rings (SSSR count). The fourth-order valence-corrected chi connectivity index (χ4v) is 2.41. The Balaban J connectivity index is 2.46. The van der Waals surface area contributed by atoms with E-state index in [0.29, 0.717) is 11.3 Å². The molecule has 0 aromatic heterocycles. The van der Waals surface area contributed by atoms with Crippen LogP contribution in [0.15, 0.2) is 18.2 Å². The first-order chi connectivity index (χ1) is 9.20. The summed E-state index contributed by atoms with van der Waals surface area (Å²) >= 11 is 0. The van der Waals surface area contributed by atoms with E-state index in [2.05, 4.69) is 0 Å². The van der Waals surface area contributed by atoms with Gasteiger partial charge in [0, 0.05) is 11.6 Å². The Morgan fingerprint density at radius 3 is 2.50 bits per heavy atom. The molecule has 108 valence electrons. The Labute approximate surface area is 117 Å². The number of nitro benzene ring substituents is 1. The summed E-state index contributed by atoms with van der Waals surface area (Å²) < 4.78 is 0. The van der Waals surface area contributed by atoms with Crippen molar-refractivity contribution < 1.29 is 14.8 Å². The number of carbonyl (C=O) groups is 1. The molecule has 1 aliphatic rings. The number of hydrogen-bond donors (Lipinski definition) is 1. The number of nitro groups is 1. The van der Waals surface area contributed by atoms with Crippen molar-refractivity contribution in [3.05, 3.63) is 33.9 Å². The number of anilines is 1. The van der Waals surface area contributed by atoms with Gasteiger partial charge in [0.1, 0.15) is 0 Å². The first kappa shape index (κ1) is 14.5. The predicted molar refractivity (Wildman–Crippen MR) is 74.8 cm³/mol. The molecule has 0 radical (unpaired) electrons. The highest BCUT2D eigenvalue weighted by molar-refractivity contribution is 5.96. The van der Waals surface area contributed by atoms with Gasteiger partial charge in [0.05, 0.1) is 29.7 Å². The molecule has 1 heterocycles. The van der Waals surface area contributed by atoms with Gasteiger partial charge in [-0.25, -0.2) is 0 Å². The minimum atomic E-state index is -0.705. The van der Waals surface area contributed by atoms with Crippen LogP contribution in [0, 0.1) is 10.1 Å². The maximum Gasteiger partial charge on any atom is 0.275 e. The van der Waals surface area contributed by atoms with E-state index in [9.17, 15) is 20.0 Å². The Morgan fingerprint density at radius 2 is 2.05 bits per heavy atom. The average molecular weight is 278 g/mol. The number of hydrogen-bond acceptors (Lipinski definition) is 4. The maximum absolute atomic E-state index is 11.7. The minimum absolute atomic E-state index is 0.00388. The maximum atomic E-state index is 11.7. The van der Waals surface area contributed by atoms with Gasteiger partial charge in [-0.1, -0.05) is 20.8 Å². The van der Waals surface area contributed by atoms with Crippen LogP contribution in [-0.2, 0) is 10.2 Å². The van der Waals surface area contributed by atoms with Gasteiger partial charge in [-0.05, 0) is 17.5 Å². The SMILES string of the molecule is CC(C)(C)c1ccc(N2CC(O)CC2=O)cc1[N+](=O)[O-]. The summed E-state index contributed by atoms with van der Waals surface area (Å²) in [5, 5.41) is 20.7. The summed E-state index contributed by atoms with van der Waals surface area (Å²) in [4.78, 5) is 23.9. The predicted octanol–water partition coefficient (Wildman–Crippen LogP) is 1.99. The summed E-state index contributed by atoms with van der Waals surface area (Å²) in [7, 11) is 0. The van der Waals surface area contributed by atoms with E-state index >= 15 is 0 Å². The Morgan fingerprint density at radius 1 is 1.40 bits per heavy atom. The Kier molecular flexibility index (Phi) is 3.52. The zero-order valence-corrected chi connectivity index (χ0v) is 11.8. The van der Waals surface area contributed by atoms with Gasteiger partial charge >= 0.3 is 0 Å². The number of aliphatic hydroxyl groups excluding tert-OH is 1. The molecule has 1 unspecified atom stereocenters. The van der Waals surface area contributed by atoms with E-state index in [0.717, 1.165) is 0 Å². The molecule has 0 saturated carbocycles. The molecule has 0 aliphatic carbocycles. The molecule has 1 N–H and O–H groups in total. The number of carbonyl (C=O) groups excluding carboxylic acids is 1. The van der Waals surface area contributed by atoms with Crippen LogP contribution in [-0.4, -0.2) is 28.6 Å². The lowest BCUT2D eigenvalue weighted by molar-refractivity contribution is -0.385. The fourth-order valence-electron chi connectivity index (χ4n) is 2.41. The molecular weight excluding hydrogens is 260 g/mol. The van der Waals surface area contributed by atoms with Crippen LogP contribution >= 0.6 is 0 Å². The summed E-state index contributed by atoms with van der Waals surface area (Å²) in [6, 6.07) is 4.80. The van der Waals surface area contributed by atoms with E-state index in [4.69, 9.17) is 0 Å². The molecule has 0 spiro atoms. The normalized spacial score (nSPS) is 19.5. The number of aliphatic hydroxyl groups is 1. The van der Waals surface area contributed by atoms with Crippen LogP contribution in [0.25, 0.3) is 0 Å². The van der Waals surface area contributed by atoms with Crippen LogP contribution in [0.1, 0.15) is 32.8 Å². The number of benzene rings is 1. The van der Waals surface area contributed by atoms with Crippen LogP contribution in [0.2, 0.25) is 0 Å². The molecule has 6 heteroatoms. The third-order valence-corrected chi connectivity index (χ3v) is 3.40.